The highest BCUT2D eigenvalue weighted by atomic mass is 19.1. The number of ether oxygens (including phenoxy) is 1. The van der Waals surface area contributed by atoms with E-state index in [0.29, 0.717) is 12.3 Å². The van der Waals surface area contributed by atoms with E-state index in [1.54, 1.807) is 6.20 Å². The first-order valence-electron chi connectivity index (χ1n) is 8.06. The summed E-state index contributed by atoms with van der Waals surface area (Å²) in [7, 11) is 0. The number of benzene rings is 1. The van der Waals surface area contributed by atoms with Crippen LogP contribution in [0.15, 0.2) is 42.6 Å². The summed E-state index contributed by atoms with van der Waals surface area (Å²) in [6.45, 7) is 2.40. The van der Waals surface area contributed by atoms with Crippen molar-refractivity contribution >= 4 is 11.7 Å². The Morgan fingerprint density at radius 1 is 1.21 bits per heavy atom. The van der Waals surface area contributed by atoms with Crippen LogP contribution < -0.4 is 15.0 Å². The van der Waals surface area contributed by atoms with Crippen LogP contribution in [0.2, 0.25) is 0 Å². The molecule has 0 bridgehead atoms. The highest BCUT2D eigenvalue weighted by Gasteiger charge is 2.13. The van der Waals surface area contributed by atoms with E-state index >= 15 is 0 Å². The van der Waals surface area contributed by atoms with Crippen LogP contribution in [0.3, 0.4) is 0 Å². The molecular formula is C18H20FN3O2. The molecule has 2 aromatic rings. The van der Waals surface area contributed by atoms with Crippen LogP contribution in [0.4, 0.5) is 10.2 Å². The maximum atomic E-state index is 12.8. The van der Waals surface area contributed by atoms with Gasteiger partial charge in [0.15, 0.2) is 6.61 Å². The summed E-state index contributed by atoms with van der Waals surface area (Å²) in [4.78, 5) is 18.5. The average Bonchev–Trinajstić information content (AvgIpc) is 3.14. The average molecular weight is 329 g/mol. The van der Waals surface area contributed by atoms with E-state index in [-0.39, 0.29) is 18.3 Å². The first-order valence-corrected chi connectivity index (χ1v) is 8.06. The maximum Gasteiger partial charge on any atom is 0.258 e. The molecule has 0 spiro atoms. The molecule has 0 saturated carbocycles. The number of nitrogens with zero attached hydrogens (tertiary/aromatic N) is 2. The first kappa shape index (κ1) is 16.2. The Morgan fingerprint density at radius 2 is 1.96 bits per heavy atom. The molecule has 5 nitrogen and oxygen atoms in total. The highest BCUT2D eigenvalue weighted by Crippen LogP contribution is 2.18. The smallest absolute Gasteiger partial charge is 0.258 e. The Kier molecular flexibility index (Phi) is 5.25. The van der Waals surface area contributed by atoms with Crippen molar-refractivity contribution in [3.05, 3.63) is 54.0 Å². The van der Waals surface area contributed by atoms with Crippen molar-refractivity contribution in [3.8, 4) is 5.75 Å². The van der Waals surface area contributed by atoms with Crippen LogP contribution in [0.5, 0.6) is 5.75 Å². The number of nitrogens with one attached hydrogen (secondary N) is 1. The van der Waals surface area contributed by atoms with Gasteiger partial charge in [0.25, 0.3) is 5.91 Å². The third-order valence-electron chi connectivity index (χ3n) is 3.91. The first-order chi connectivity index (χ1) is 11.7. The van der Waals surface area contributed by atoms with E-state index in [1.165, 1.54) is 37.1 Å². The van der Waals surface area contributed by atoms with Crippen LogP contribution in [-0.2, 0) is 11.3 Å². The number of anilines is 1. The monoisotopic (exact) mass is 329 g/mol. The fourth-order valence-electron chi connectivity index (χ4n) is 2.62. The Hall–Kier alpha value is -2.63. The summed E-state index contributed by atoms with van der Waals surface area (Å²) in [6.07, 6.45) is 4.16. The van der Waals surface area contributed by atoms with Gasteiger partial charge in [0.2, 0.25) is 0 Å². The van der Waals surface area contributed by atoms with Gasteiger partial charge in [-0.1, -0.05) is 0 Å². The van der Waals surface area contributed by atoms with Crippen molar-refractivity contribution in [3.63, 3.8) is 0 Å². The van der Waals surface area contributed by atoms with Crippen LogP contribution in [0, 0.1) is 5.82 Å². The minimum atomic E-state index is -0.335. The van der Waals surface area contributed by atoms with Gasteiger partial charge in [-0.2, -0.15) is 0 Å². The molecule has 1 aliphatic rings. The number of halogens is 1. The molecule has 1 saturated heterocycles. The van der Waals surface area contributed by atoms with Gasteiger partial charge in [-0.15, -0.1) is 0 Å². The molecule has 6 heteroatoms. The Labute approximate surface area is 140 Å². The number of hydrogen-bond acceptors (Lipinski definition) is 4. The van der Waals surface area contributed by atoms with Crippen molar-refractivity contribution in [1.29, 1.82) is 0 Å². The van der Waals surface area contributed by atoms with Gasteiger partial charge in [0.05, 0.1) is 0 Å². The summed E-state index contributed by atoms with van der Waals surface area (Å²) in [5, 5.41) is 2.81. The van der Waals surface area contributed by atoms with Crippen molar-refractivity contribution in [1.82, 2.24) is 10.3 Å². The number of amides is 1. The molecule has 2 heterocycles. The molecule has 0 atom stereocenters. The zero-order chi connectivity index (χ0) is 16.8. The summed E-state index contributed by atoms with van der Waals surface area (Å²) in [5.74, 6) is 0.866. The maximum absolute atomic E-state index is 12.8. The van der Waals surface area contributed by atoms with Crippen LogP contribution in [0.25, 0.3) is 0 Å². The van der Waals surface area contributed by atoms with Gasteiger partial charge >= 0.3 is 0 Å². The van der Waals surface area contributed by atoms with Crippen LogP contribution in [0.1, 0.15) is 18.4 Å². The summed E-state index contributed by atoms with van der Waals surface area (Å²) < 4.78 is 18.1. The molecule has 24 heavy (non-hydrogen) atoms. The minimum absolute atomic E-state index is 0.101. The molecule has 1 aromatic carbocycles. The zero-order valence-electron chi connectivity index (χ0n) is 13.4. The van der Waals surface area contributed by atoms with Gasteiger partial charge in [0.1, 0.15) is 17.4 Å². The number of pyridine rings is 1. The van der Waals surface area contributed by atoms with E-state index in [0.717, 1.165) is 24.5 Å². The Balaban J connectivity index is 1.47. The Bertz CT molecular complexity index is 685. The van der Waals surface area contributed by atoms with Gasteiger partial charge < -0.3 is 15.0 Å². The fourth-order valence-corrected chi connectivity index (χ4v) is 2.62. The lowest BCUT2D eigenvalue weighted by atomic mass is 10.2. The molecule has 1 amide bonds. The van der Waals surface area contributed by atoms with E-state index in [2.05, 4.69) is 15.2 Å². The van der Waals surface area contributed by atoms with E-state index in [4.69, 9.17) is 4.74 Å². The largest absolute Gasteiger partial charge is 0.484 e. The van der Waals surface area contributed by atoms with Gasteiger partial charge in [0, 0.05) is 25.8 Å². The third kappa shape index (κ3) is 4.44. The summed E-state index contributed by atoms with van der Waals surface area (Å²) in [5.41, 5.74) is 1.00. The number of carbonyl (C=O) groups excluding carboxylic acids is 1. The molecule has 1 aromatic heterocycles. The van der Waals surface area contributed by atoms with E-state index in [1.807, 2.05) is 12.1 Å². The summed E-state index contributed by atoms with van der Waals surface area (Å²) in [6, 6.07) is 9.48. The number of carbonyl (C=O) groups is 1. The lowest BCUT2D eigenvalue weighted by molar-refractivity contribution is -0.123. The summed E-state index contributed by atoms with van der Waals surface area (Å²) >= 11 is 0. The topological polar surface area (TPSA) is 54.5 Å². The van der Waals surface area contributed by atoms with Gasteiger partial charge in [-0.25, -0.2) is 9.37 Å². The number of aromatic nitrogens is 1. The predicted octanol–water partition coefficient (Wildman–Crippen LogP) is 2.52. The molecule has 1 aliphatic heterocycles. The lowest BCUT2D eigenvalue weighted by Gasteiger charge is -2.17. The fraction of sp³-hybridized carbons (Fsp3) is 0.333. The van der Waals surface area contributed by atoms with E-state index < -0.39 is 0 Å². The van der Waals surface area contributed by atoms with Crippen molar-refractivity contribution in [2.75, 3.05) is 24.6 Å². The lowest BCUT2D eigenvalue weighted by Crippen LogP contribution is -2.28. The van der Waals surface area contributed by atoms with Crippen molar-refractivity contribution in [2.24, 2.45) is 0 Å². The quantitative estimate of drug-likeness (QED) is 0.885. The van der Waals surface area contributed by atoms with Crippen molar-refractivity contribution in [2.45, 2.75) is 19.4 Å². The second kappa shape index (κ2) is 7.77. The molecular weight excluding hydrogens is 309 g/mol. The second-order valence-electron chi connectivity index (χ2n) is 5.74. The third-order valence-corrected chi connectivity index (χ3v) is 3.91. The van der Waals surface area contributed by atoms with Crippen LogP contribution >= 0.6 is 0 Å². The highest BCUT2D eigenvalue weighted by molar-refractivity contribution is 5.77. The molecule has 0 unspecified atom stereocenters. The Morgan fingerprint density at radius 3 is 2.71 bits per heavy atom. The molecule has 0 radical (unpaired) electrons. The van der Waals surface area contributed by atoms with E-state index in [9.17, 15) is 9.18 Å². The normalized spacial score (nSPS) is 13.8. The molecule has 3 rings (SSSR count). The molecule has 0 aliphatic carbocycles. The molecule has 126 valence electrons. The predicted molar refractivity (Wildman–Crippen MR) is 89.4 cm³/mol. The second-order valence-corrected chi connectivity index (χ2v) is 5.74. The standard InChI is InChI=1S/C18H20FN3O2/c19-15-3-5-16(6-4-15)24-13-18(23)21-12-14-7-8-20-17(11-14)22-9-1-2-10-22/h3-8,11H,1-2,9-10,12-13H2,(H,21,23). The minimum Gasteiger partial charge on any atom is -0.484 e. The van der Waals surface area contributed by atoms with Crippen LogP contribution in [-0.4, -0.2) is 30.6 Å². The van der Waals surface area contributed by atoms with Crippen molar-refractivity contribution < 1.29 is 13.9 Å². The number of rotatable bonds is 6. The molecule has 1 fully saturated rings. The van der Waals surface area contributed by atoms with Gasteiger partial charge in [-0.05, 0) is 54.8 Å². The zero-order valence-corrected chi connectivity index (χ0v) is 13.4. The van der Waals surface area contributed by atoms with Gasteiger partial charge in [-0.3, -0.25) is 4.79 Å². The molecule has 1 N–H and O–H groups in total. The SMILES string of the molecule is O=C(COc1ccc(F)cc1)NCc1ccnc(N2CCCC2)c1. The number of hydrogen-bond donors (Lipinski definition) is 1.